The lowest BCUT2D eigenvalue weighted by Crippen LogP contribution is -2.22. The summed E-state index contributed by atoms with van der Waals surface area (Å²) < 4.78 is 12.7. The molecule has 0 aliphatic carbocycles. The molecule has 0 saturated heterocycles. The number of esters is 1. The number of hydrogen-bond acceptors (Lipinski definition) is 6. The number of ether oxygens (including phenoxy) is 1. The lowest BCUT2D eigenvalue weighted by molar-refractivity contribution is -0.124. The van der Waals surface area contributed by atoms with E-state index in [2.05, 4.69) is 5.10 Å². The zero-order valence-electron chi connectivity index (χ0n) is 16.4. The number of fused-ring (bicyclic) bond motifs is 1. The Morgan fingerprint density at radius 2 is 1.89 bits per heavy atom. The van der Waals surface area contributed by atoms with E-state index < -0.39 is 12.1 Å². The molecular weight excluding hydrogens is 346 g/mol. The van der Waals surface area contributed by atoms with Crippen molar-refractivity contribution in [2.45, 2.75) is 53.7 Å². The molecule has 1 unspecified atom stereocenters. The smallest absolute Gasteiger partial charge is 0.339 e. The number of nitrogens with zero attached hydrogens (tertiary/aromatic N) is 3. The highest BCUT2D eigenvalue weighted by Crippen LogP contribution is 2.30. The fraction of sp³-hybridized carbons (Fsp3) is 0.400. The summed E-state index contributed by atoms with van der Waals surface area (Å²) >= 11 is 0. The number of rotatable bonds is 5. The first kappa shape index (κ1) is 18.8. The van der Waals surface area contributed by atoms with E-state index in [1.54, 1.807) is 23.9 Å². The van der Waals surface area contributed by atoms with Gasteiger partial charge in [0, 0.05) is 11.6 Å². The average molecular weight is 369 g/mol. The molecule has 0 spiro atoms. The summed E-state index contributed by atoms with van der Waals surface area (Å²) in [6.45, 7) is 10.6. The van der Waals surface area contributed by atoms with Crippen LogP contribution in [0.15, 0.2) is 22.7 Å². The maximum absolute atomic E-state index is 12.8. The highest BCUT2D eigenvalue weighted by Gasteiger charge is 2.23. The first-order valence-electron chi connectivity index (χ1n) is 8.86. The van der Waals surface area contributed by atoms with E-state index >= 15 is 0 Å². The van der Waals surface area contributed by atoms with E-state index in [4.69, 9.17) is 14.1 Å². The Kier molecular flexibility index (Phi) is 4.87. The Hall–Kier alpha value is -2.96. The highest BCUT2D eigenvalue weighted by atomic mass is 16.5. The summed E-state index contributed by atoms with van der Waals surface area (Å²) in [5.74, 6) is 0.683. The molecular formula is C20H23N3O4. The molecule has 3 aromatic rings. The molecule has 0 fully saturated rings. The van der Waals surface area contributed by atoms with Crippen LogP contribution < -0.4 is 0 Å². The van der Waals surface area contributed by atoms with Gasteiger partial charge in [0.15, 0.2) is 17.5 Å². The molecule has 0 amide bonds. The maximum Gasteiger partial charge on any atom is 0.339 e. The molecule has 142 valence electrons. The van der Waals surface area contributed by atoms with Crippen molar-refractivity contribution in [3.63, 3.8) is 0 Å². The Balaban J connectivity index is 2.20. The molecule has 7 heteroatoms. The predicted octanol–water partition coefficient (Wildman–Crippen LogP) is 4.02. The van der Waals surface area contributed by atoms with Gasteiger partial charge in [0.25, 0.3) is 0 Å². The lowest BCUT2D eigenvalue weighted by atomic mass is 10.1. The predicted molar refractivity (Wildman–Crippen MR) is 101 cm³/mol. The molecule has 0 radical (unpaired) electrons. The second-order valence-corrected chi connectivity index (χ2v) is 6.96. The normalized spacial score (nSPS) is 12.6. The van der Waals surface area contributed by atoms with Gasteiger partial charge in [-0.3, -0.25) is 4.79 Å². The van der Waals surface area contributed by atoms with Gasteiger partial charge in [0.05, 0.1) is 22.8 Å². The number of pyridine rings is 1. The number of aryl methyl sites for hydroxylation is 2. The number of hydrogen-bond donors (Lipinski definition) is 0. The average Bonchev–Trinajstić information content (AvgIpc) is 3.16. The SMILES string of the molecule is CC(=O)C(C)OC(=O)c1cc(-c2cc(C)oc2C)nc2c1cnn2C(C)C. The molecule has 3 heterocycles. The number of Topliss-reactive ketones (excluding diaryl/α,β-unsaturated/α-hetero) is 1. The number of ketones is 1. The van der Waals surface area contributed by atoms with E-state index in [-0.39, 0.29) is 11.8 Å². The van der Waals surface area contributed by atoms with Crippen molar-refractivity contribution in [2.24, 2.45) is 0 Å². The third-order valence-corrected chi connectivity index (χ3v) is 4.45. The quantitative estimate of drug-likeness (QED) is 0.631. The molecule has 0 aromatic carbocycles. The van der Waals surface area contributed by atoms with E-state index in [1.807, 2.05) is 33.8 Å². The Morgan fingerprint density at radius 1 is 1.19 bits per heavy atom. The minimum Gasteiger partial charge on any atom is -0.466 e. The number of furan rings is 1. The van der Waals surface area contributed by atoms with Gasteiger partial charge in [-0.25, -0.2) is 14.5 Å². The molecule has 0 aliphatic heterocycles. The number of carbonyl (C=O) groups excluding carboxylic acids is 2. The van der Waals surface area contributed by atoms with Crippen molar-refractivity contribution in [3.05, 3.63) is 35.4 Å². The van der Waals surface area contributed by atoms with Crippen molar-refractivity contribution in [1.82, 2.24) is 14.8 Å². The standard InChI is InChI=1S/C20H23N3O4/c1-10(2)23-19-17(9-21-23)16(20(25)27-13(5)12(4)24)8-18(22-19)15-7-11(3)26-14(15)6/h7-10,13H,1-6H3. The molecule has 27 heavy (non-hydrogen) atoms. The van der Waals surface area contributed by atoms with Gasteiger partial charge in [0.2, 0.25) is 0 Å². The lowest BCUT2D eigenvalue weighted by Gasteiger charge is -2.12. The number of carbonyl (C=O) groups is 2. The first-order valence-corrected chi connectivity index (χ1v) is 8.86. The topological polar surface area (TPSA) is 87.2 Å². The van der Waals surface area contributed by atoms with E-state index in [1.165, 1.54) is 6.92 Å². The van der Waals surface area contributed by atoms with Gasteiger partial charge in [-0.1, -0.05) is 0 Å². The summed E-state index contributed by atoms with van der Waals surface area (Å²) in [4.78, 5) is 29.0. The molecule has 3 rings (SSSR count). The molecule has 0 saturated carbocycles. The van der Waals surface area contributed by atoms with Crippen molar-refractivity contribution < 1.29 is 18.7 Å². The zero-order valence-corrected chi connectivity index (χ0v) is 16.4. The fourth-order valence-electron chi connectivity index (χ4n) is 2.89. The molecule has 0 bridgehead atoms. The van der Waals surface area contributed by atoms with Crippen LogP contribution in [0.25, 0.3) is 22.3 Å². The third kappa shape index (κ3) is 3.49. The van der Waals surface area contributed by atoms with Crippen molar-refractivity contribution in [3.8, 4) is 11.3 Å². The van der Waals surface area contributed by atoms with E-state index in [0.717, 1.165) is 11.3 Å². The molecule has 0 N–H and O–H groups in total. The van der Waals surface area contributed by atoms with Gasteiger partial charge < -0.3 is 9.15 Å². The van der Waals surface area contributed by atoms with Gasteiger partial charge in [-0.15, -0.1) is 0 Å². The van der Waals surface area contributed by atoms with Crippen LogP contribution in [0.3, 0.4) is 0 Å². The second-order valence-electron chi connectivity index (χ2n) is 6.96. The summed E-state index contributed by atoms with van der Waals surface area (Å²) in [5, 5.41) is 4.96. The summed E-state index contributed by atoms with van der Waals surface area (Å²) in [5.41, 5.74) is 2.32. The van der Waals surface area contributed by atoms with E-state index in [9.17, 15) is 9.59 Å². The van der Waals surface area contributed by atoms with Crippen LogP contribution in [0, 0.1) is 13.8 Å². The zero-order chi connectivity index (χ0) is 19.9. The third-order valence-electron chi connectivity index (χ3n) is 4.45. The maximum atomic E-state index is 12.8. The van der Waals surface area contributed by atoms with Crippen LogP contribution in [0.2, 0.25) is 0 Å². The first-order chi connectivity index (χ1) is 12.7. The van der Waals surface area contributed by atoms with Crippen LogP contribution in [-0.2, 0) is 9.53 Å². The minimum atomic E-state index is -0.817. The van der Waals surface area contributed by atoms with Crippen LogP contribution in [0.5, 0.6) is 0 Å². The van der Waals surface area contributed by atoms with Crippen molar-refractivity contribution in [2.75, 3.05) is 0 Å². The molecule has 1 atom stereocenters. The van der Waals surface area contributed by atoms with Gasteiger partial charge in [-0.05, 0) is 53.7 Å². The second kappa shape index (κ2) is 6.98. The van der Waals surface area contributed by atoms with E-state index in [0.29, 0.717) is 28.1 Å². The fourth-order valence-corrected chi connectivity index (χ4v) is 2.89. The van der Waals surface area contributed by atoms with Gasteiger partial charge in [-0.2, -0.15) is 5.10 Å². The van der Waals surface area contributed by atoms with Crippen LogP contribution >= 0.6 is 0 Å². The molecule has 3 aromatic heterocycles. The Morgan fingerprint density at radius 3 is 2.44 bits per heavy atom. The Labute approximate surface area is 157 Å². The monoisotopic (exact) mass is 369 g/mol. The van der Waals surface area contributed by atoms with Crippen molar-refractivity contribution in [1.29, 1.82) is 0 Å². The molecule has 7 nitrogen and oxygen atoms in total. The van der Waals surface area contributed by atoms with Crippen molar-refractivity contribution >= 4 is 22.8 Å². The summed E-state index contributed by atoms with van der Waals surface area (Å²) in [7, 11) is 0. The minimum absolute atomic E-state index is 0.0671. The Bertz CT molecular complexity index is 1030. The van der Waals surface area contributed by atoms with Crippen LogP contribution in [-0.4, -0.2) is 32.6 Å². The highest BCUT2D eigenvalue weighted by molar-refractivity contribution is 6.04. The summed E-state index contributed by atoms with van der Waals surface area (Å²) in [6.07, 6.45) is 0.788. The van der Waals surface area contributed by atoms with Gasteiger partial charge in [0.1, 0.15) is 11.5 Å². The van der Waals surface area contributed by atoms with Gasteiger partial charge >= 0.3 is 5.97 Å². The number of aromatic nitrogens is 3. The summed E-state index contributed by atoms with van der Waals surface area (Å²) in [6, 6.07) is 3.62. The largest absolute Gasteiger partial charge is 0.466 e. The van der Waals surface area contributed by atoms with Crippen LogP contribution in [0.1, 0.15) is 55.6 Å². The van der Waals surface area contributed by atoms with Crippen LogP contribution in [0.4, 0.5) is 0 Å². The molecule has 0 aliphatic rings.